The summed E-state index contributed by atoms with van der Waals surface area (Å²) in [6, 6.07) is 29.5. The van der Waals surface area contributed by atoms with E-state index in [4.69, 9.17) is 0 Å². The van der Waals surface area contributed by atoms with Crippen molar-refractivity contribution < 1.29 is 4.79 Å². The summed E-state index contributed by atoms with van der Waals surface area (Å²) in [5.74, 6) is 0.152. The molecule has 1 heterocycles. The zero-order valence-electron chi connectivity index (χ0n) is 16.2. The molecule has 0 spiro atoms. The molecule has 142 valence electrons. The number of allylic oxidation sites excluding steroid dienone is 1. The highest BCUT2D eigenvalue weighted by Crippen LogP contribution is 2.44. The first-order valence-corrected chi connectivity index (χ1v) is 10.2. The lowest BCUT2D eigenvalue weighted by Gasteiger charge is -2.42. The molecule has 0 bridgehead atoms. The second-order valence-electron chi connectivity index (χ2n) is 7.68. The fourth-order valence-corrected chi connectivity index (χ4v) is 4.62. The van der Waals surface area contributed by atoms with Crippen molar-refractivity contribution in [2.75, 3.05) is 11.4 Å². The Balaban J connectivity index is 1.63. The lowest BCUT2D eigenvalue weighted by Crippen LogP contribution is -2.39. The minimum Gasteiger partial charge on any atom is -0.363 e. The molecule has 0 saturated carbocycles. The Hall–Kier alpha value is -3.39. The van der Waals surface area contributed by atoms with Gasteiger partial charge in [0.25, 0.3) is 0 Å². The quantitative estimate of drug-likeness (QED) is 0.552. The van der Waals surface area contributed by atoms with Gasteiger partial charge in [-0.1, -0.05) is 78.9 Å². The van der Waals surface area contributed by atoms with Gasteiger partial charge in [-0.2, -0.15) is 0 Å². The fourth-order valence-electron chi connectivity index (χ4n) is 4.62. The molecule has 0 fully saturated rings. The highest BCUT2D eigenvalue weighted by atomic mass is 16.1. The smallest absolute Gasteiger partial charge is 0.182 e. The van der Waals surface area contributed by atoms with Crippen LogP contribution in [-0.2, 0) is 11.2 Å². The Morgan fingerprint density at radius 3 is 2.31 bits per heavy atom. The van der Waals surface area contributed by atoms with Gasteiger partial charge < -0.3 is 4.90 Å². The molecule has 3 aromatic carbocycles. The number of benzene rings is 3. The van der Waals surface area contributed by atoms with Gasteiger partial charge >= 0.3 is 0 Å². The van der Waals surface area contributed by atoms with E-state index >= 15 is 0 Å². The lowest BCUT2D eigenvalue weighted by atomic mass is 9.81. The number of ketones is 1. The van der Waals surface area contributed by atoms with Crippen LogP contribution >= 0.6 is 0 Å². The molecule has 2 nitrogen and oxygen atoms in total. The van der Waals surface area contributed by atoms with Crippen LogP contribution in [0.25, 0.3) is 6.08 Å². The summed E-state index contributed by atoms with van der Waals surface area (Å²) >= 11 is 0. The van der Waals surface area contributed by atoms with E-state index in [1.165, 1.54) is 16.8 Å². The maximum Gasteiger partial charge on any atom is 0.182 e. The van der Waals surface area contributed by atoms with Gasteiger partial charge in [0, 0.05) is 23.7 Å². The van der Waals surface area contributed by atoms with E-state index in [1.54, 1.807) is 6.08 Å². The van der Waals surface area contributed by atoms with Gasteiger partial charge in [-0.05, 0) is 47.4 Å². The van der Waals surface area contributed by atoms with Crippen LogP contribution in [0, 0.1) is 5.92 Å². The van der Waals surface area contributed by atoms with Crippen molar-refractivity contribution in [2.24, 2.45) is 5.92 Å². The minimum atomic E-state index is 0.0318. The van der Waals surface area contributed by atoms with Gasteiger partial charge in [0.2, 0.25) is 0 Å². The number of carbonyl (C=O) groups is 1. The second-order valence-corrected chi connectivity index (χ2v) is 7.68. The predicted octanol–water partition coefficient (Wildman–Crippen LogP) is 5.63. The number of rotatable bonds is 3. The van der Waals surface area contributed by atoms with Gasteiger partial charge in [0.1, 0.15) is 0 Å². The maximum atomic E-state index is 12.8. The van der Waals surface area contributed by atoms with Crippen LogP contribution in [0.1, 0.15) is 22.7 Å². The first-order valence-electron chi connectivity index (χ1n) is 10.2. The van der Waals surface area contributed by atoms with E-state index in [0.717, 1.165) is 24.1 Å². The number of anilines is 1. The normalized spacial score (nSPS) is 22.1. The molecule has 2 atom stereocenters. The molecule has 0 saturated heterocycles. The Kier molecular flexibility index (Phi) is 4.61. The summed E-state index contributed by atoms with van der Waals surface area (Å²) in [5, 5.41) is 0. The third-order valence-corrected chi connectivity index (χ3v) is 5.98. The Labute approximate surface area is 171 Å². The van der Waals surface area contributed by atoms with Crippen molar-refractivity contribution >= 4 is 17.5 Å². The largest absolute Gasteiger partial charge is 0.363 e. The van der Waals surface area contributed by atoms with Crippen molar-refractivity contribution in [3.8, 4) is 0 Å². The molecule has 2 aliphatic rings. The summed E-state index contributed by atoms with van der Waals surface area (Å²) in [6.45, 7) is 0.947. The van der Waals surface area contributed by atoms with Crippen LogP contribution in [0.3, 0.4) is 0 Å². The molecule has 29 heavy (non-hydrogen) atoms. The summed E-state index contributed by atoms with van der Waals surface area (Å²) in [7, 11) is 0. The van der Waals surface area contributed by atoms with Gasteiger partial charge in [0.15, 0.2) is 5.78 Å². The molecule has 3 aromatic rings. The molecule has 0 amide bonds. The van der Waals surface area contributed by atoms with E-state index in [1.807, 2.05) is 18.2 Å². The highest BCUT2D eigenvalue weighted by Gasteiger charge is 2.38. The molecule has 2 unspecified atom stereocenters. The summed E-state index contributed by atoms with van der Waals surface area (Å²) in [4.78, 5) is 15.3. The van der Waals surface area contributed by atoms with Gasteiger partial charge in [-0.3, -0.25) is 4.79 Å². The van der Waals surface area contributed by atoms with Gasteiger partial charge in [-0.25, -0.2) is 0 Å². The Bertz CT molecular complexity index is 1080. The zero-order valence-corrected chi connectivity index (χ0v) is 16.2. The monoisotopic (exact) mass is 377 g/mol. The van der Waals surface area contributed by atoms with Crippen LogP contribution in [0.4, 0.5) is 5.69 Å². The minimum absolute atomic E-state index is 0.0318. The lowest BCUT2D eigenvalue weighted by molar-refractivity contribution is -0.111. The average molecular weight is 377 g/mol. The van der Waals surface area contributed by atoms with Gasteiger partial charge in [0.05, 0.1) is 6.04 Å². The van der Waals surface area contributed by atoms with Crippen LogP contribution in [0.2, 0.25) is 0 Å². The van der Waals surface area contributed by atoms with E-state index in [-0.39, 0.29) is 17.7 Å². The Morgan fingerprint density at radius 1 is 0.828 bits per heavy atom. The van der Waals surface area contributed by atoms with E-state index in [0.29, 0.717) is 0 Å². The predicted molar refractivity (Wildman–Crippen MR) is 119 cm³/mol. The third kappa shape index (κ3) is 3.31. The summed E-state index contributed by atoms with van der Waals surface area (Å²) in [5.41, 5.74) is 5.86. The van der Waals surface area contributed by atoms with Crippen LogP contribution in [0.15, 0.2) is 103 Å². The van der Waals surface area contributed by atoms with Crippen LogP contribution < -0.4 is 4.90 Å². The molecule has 0 radical (unpaired) electrons. The second kappa shape index (κ2) is 7.56. The van der Waals surface area contributed by atoms with Crippen molar-refractivity contribution in [3.05, 3.63) is 119 Å². The van der Waals surface area contributed by atoms with Crippen molar-refractivity contribution in [1.29, 1.82) is 0 Å². The standard InChI is InChI=1S/C27H23NO/c29-26-16-15-24(25(26)19-20-9-3-1-4-10-20)27-23-14-8-7-11-21(23)17-18-28(27)22-12-5-2-6-13-22/h1-16,19,24,27H,17-18H2/b25-19+. The van der Waals surface area contributed by atoms with E-state index < -0.39 is 0 Å². The van der Waals surface area contributed by atoms with Crippen molar-refractivity contribution in [1.82, 2.24) is 0 Å². The number of para-hydroxylation sites is 1. The third-order valence-electron chi connectivity index (χ3n) is 5.98. The van der Waals surface area contributed by atoms with E-state index in [9.17, 15) is 4.79 Å². The average Bonchev–Trinajstić information content (AvgIpc) is 3.14. The first kappa shape index (κ1) is 17.7. The maximum absolute atomic E-state index is 12.8. The molecule has 2 heteroatoms. The number of hydrogen-bond donors (Lipinski definition) is 0. The first-order chi connectivity index (χ1) is 14.3. The molecule has 0 aromatic heterocycles. The summed E-state index contributed by atoms with van der Waals surface area (Å²) < 4.78 is 0. The fraction of sp³-hybridized carbons (Fsp3) is 0.148. The molecule has 1 aliphatic carbocycles. The molecular formula is C27H23NO. The molecule has 5 rings (SSSR count). The van der Waals surface area contributed by atoms with Crippen LogP contribution in [-0.4, -0.2) is 12.3 Å². The zero-order chi connectivity index (χ0) is 19.6. The topological polar surface area (TPSA) is 20.3 Å². The molecule has 0 N–H and O–H groups in total. The number of fused-ring (bicyclic) bond motifs is 1. The van der Waals surface area contributed by atoms with Crippen LogP contribution in [0.5, 0.6) is 0 Å². The van der Waals surface area contributed by atoms with Crippen molar-refractivity contribution in [3.63, 3.8) is 0 Å². The van der Waals surface area contributed by atoms with Gasteiger partial charge in [-0.15, -0.1) is 0 Å². The van der Waals surface area contributed by atoms with Crippen molar-refractivity contribution in [2.45, 2.75) is 12.5 Å². The Morgan fingerprint density at radius 2 is 1.52 bits per heavy atom. The SMILES string of the molecule is O=C1C=CC(C2c3ccccc3CCN2c2ccccc2)/C1=C\c1ccccc1. The molecule has 1 aliphatic heterocycles. The van der Waals surface area contributed by atoms with E-state index in [2.05, 4.69) is 83.8 Å². The number of nitrogens with zero attached hydrogens (tertiary/aromatic N) is 1. The number of hydrogen-bond acceptors (Lipinski definition) is 2. The summed E-state index contributed by atoms with van der Waals surface area (Å²) in [6.07, 6.45) is 6.93. The highest BCUT2D eigenvalue weighted by molar-refractivity contribution is 6.10. The number of carbonyl (C=O) groups excluding carboxylic acids is 1. The molecular weight excluding hydrogens is 354 g/mol.